The minimum atomic E-state index is -0.340. The van der Waals surface area contributed by atoms with Crippen LogP contribution in [0.1, 0.15) is 34.1 Å². The standard InChI is InChI=1S/C21H20FN3O2S/c1-27-18-10-6-14(7-11-18)19-23-24-20(28-19)16-3-2-12-25(13-16)21(26)15-4-8-17(22)9-5-15/h4-11,16H,2-3,12-13H2,1H3. The summed E-state index contributed by atoms with van der Waals surface area (Å²) < 4.78 is 18.3. The lowest BCUT2D eigenvalue weighted by Gasteiger charge is -2.31. The lowest BCUT2D eigenvalue weighted by Crippen LogP contribution is -2.39. The average molecular weight is 397 g/mol. The molecule has 1 fully saturated rings. The molecule has 4 rings (SSSR count). The van der Waals surface area contributed by atoms with Crippen LogP contribution in [0.4, 0.5) is 4.39 Å². The van der Waals surface area contributed by atoms with Gasteiger partial charge in [0, 0.05) is 30.1 Å². The molecule has 28 heavy (non-hydrogen) atoms. The molecular weight excluding hydrogens is 377 g/mol. The summed E-state index contributed by atoms with van der Waals surface area (Å²) in [5, 5.41) is 10.5. The number of amides is 1. The zero-order valence-corrected chi connectivity index (χ0v) is 16.3. The first-order valence-electron chi connectivity index (χ1n) is 9.16. The van der Waals surface area contributed by atoms with Crippen LogP contribution in [-0.2, 0) is 0 Å². The van der Waals surface area contributed by atoms with Crippen molar-refractivity contribution in [3.05, 3.63) is 64.9 Å². The zero-order chi connectivity index (χ0) is 19.5. The minimum absolute atomic E-state index is 0.0652. The number of nitrogens with zero attached hydrogens (tertiary/aromatic N) is 3. The molecule has 2 heterocycles. The third-order valence-corrected chi connectivity index (χ3v) is 6.06. The summed E-state index contributed by atoms with van der Waals surface area (Å²) >= 11 is 1.57. The molecule has 0 saturated carbocycles. The molecule has 2 aromatic carbocycles. The number of ether oxygens (including phenoxy) is 1. The van der Waals surface area contributed by atoms with E-state index in [1.165, 1.54) is 24.3 Å². The van der Waals surface area contributed by atoms with E-state index >= 15 is 0 Å². The summed E-state index contributed by atoms with van der Waals surface area (Å²) in [6.45, 7) is 1.31. The molecule has 1 unspecified atom stereocenters. The van der Waals surface area contributed by atoms with E-state index in [-0.39, 0.29) is 17.6 Å². The van der Waals surface area contributed by atoms with Crippen LogP contribution >= 0.6 is 11.3 Å². The molecule has 1 amide bonds. The quantitative estimate of drug-likeness (QED) is 0.656. The Kier molecular flexibility index (Phi) is 5.34. The molecule has 0 spiro atoms. The molecule has 3 aromatic rings. The molecule has 0 bridgehead atoms. The lowest BCUT2D eigenvalue weighted by atomic mass is 9.98. The SMILES string of the molecule is COc1ccc(-c2nnc(C3CCCN(C(=O)c4ccc(F)cc4)C3)s2)cc1. The number of carbonyl (C=O) groups excluding carboxylic acids is 1. The van der Waals surface area contributed by atoms with Gasteiger partial charge in [-0.15, -0.1) is 10.2 Å². The number of methoxy groups -OCH3 is 1. The van der Waals surface area contributed by atoms with Crippen molar-refractivity contribution in [2.75, 3.05) is 20.2 Å². The highest BCUT2D eigenvalue weighted by molar-refractivity contribution is 7.14. The molecule has 144 valence electrons. The van der Waals surface area contributed by atoms with Gasteiger partial charge in [-0.1, -0.05) is 11.3 Å². The van der Waals surface area contributed by atoms with Crippen molar-refractivity contribution in [3.8, 4) is 16.3 Å². The number of rotatable bonds is 4. The predicted octanol–water partition coefficient (Wildman–Crippen LogP) is 4.37. The van der Waals surface area contributed by atoms with Crippen LogP contribution in [0.3, 0.4) is 0 Å². The van der Waals surface area contributed by atoms with E-state index in [0.717, 1.165) is 34.2 Å². The van der Waals surface area contributed by atoms with Crippen molar-refractivity contribution in [2.45, 2.75) is 18.8 Å². The molecule has 1 atom stereocenters. The number of carbonyl (C=O) groups is 1. The molecule has 1 aliphatic rings. The van der Waals surface area contributed by atoms with Crippen molar-refractivity contribution < 1.29 is 13.9 Å². The highest BCUT2D eigenvalue weighted by Gasteiger charge is 2.28. The fourth-order valence-electron chi connectivity index (χ4n) is 3.39. The van der Waals surface area contributed by atoms with Crippen LogP contribution in [0.25, 0.3) is 10.6 Å². The van der Waals surface area contributed by atoms with E-state index in [0.29, 0.717) is 18.7 Å². The lowest BCUT2D eigenvalue weighted by molar-refractivity contribution is 0.0707. The summed E-state index contributed by atoms with van der Waals surface area (Å²) in [5.41, 5.74) is 1.51. The van der Waals surface area contributed by atoms with Crippen LogP contribution in [0.2, 0.25) is 0 Å². The number of likely N-dealkylation sites (tertiary alicyclic amines) is 1. The maximum atomic E-state index is 13.1. The molecule has 1 saturated heterocycles. The van der Waals surface area contributed by atoms with Gasteiger partial charge in [0.2, 0.25) is 0 Å². The Morgan fingerprint density at radius 3 is 2.61 bits per heavy atom. The monoisotopic (exact) mass is 397 g/mol. The summed E-state index contributed by atoms with van der Waals surface area (Å²) in [7, 11) is 1.64. The first-order valence-corrected chi connectivity index (χ1v) is 9.98. The average Bonchev–Trinajstić information content (AvgIpc) is 3.24. The fraction of sp³-hybridized carbons (Fsp3) is 0.286. The normalized spacial score (nSPS) is 16.8. The first-order chi connectivity index (χ1) is 13.6. The first kappa shape index (κ1) is 18.6. The Hall–Kier alpha value is -2.80. The summed E-state index contributed by atoms with van der Waals surface area (Å²) in [4.78, 5) is 14.6. The van der Waals surface area contributed by atoms with Crippen molar-refractivity contribution in [1.82, 2.24) is 15.1 Å². The molecule has 1 aromatic heterocycles. The van der Waals surface area contributed by atoms with Crippen molar-refractivity contribution in [1.29, 1.82) is 0 Å². The molecule has 1 aliphatic heterocycles. The number of aromatic nitrogens is 2. The second-order valence-electron chi connectivity index (χ2n) is 6.77. The summed E-state index contributed by atoms with van der Waals surface area (Å²) in [6.07, 6.45) is 1.89. The third kappa shape index (κ3) is 3.89. The van der Waals surface area contributed by atoms with Crippen molar-refractivity contribution in [2.24, 2.45) is 0 Å². The Morgan fingerprint density at radius 1 is 1.14 bits per heavy atom. The van der Waals surface area contributed by atoms with Gasteiger partial charge >= 0.3 is 0 Å². The Bertz CT molecular complexity index is 957. The number of piperidine rings is 1. The van der Waals surface area contributed by atoms with E-state index in [1.54, 1.807) is 18.4 Å². The maximum absolute atomic E-state index is 13.1. The molecule has 0 radical (unpaired) electrons. The molecule has 0 N–H and O–H groups in total. The summed E-state index contributed by atoms with van der Waals surface area (Å²) in [6, 6.07) is 13.5. The largest absolute Gasteiger partial charge is 0.497 e. The number of halogens is 1. The molecule has 7 heteroatoms. The van der Waals surface area contributed by atoms with Crippen LogP contribution < -0.4 is 4.74 Å². The number of hydrogen-bond acceptors (Lipinski definition) is 5. The van der Waals surface area contributed by atoms with E-state index in [2.05, 4.69) is 10.2 Å². The van der Waals surface area contributed by atoms with Gasteiger partial charge in [-0.2, -0.15) is 0 Å². The smallest absolute Gasteiger partial charge is 0.253 e. The van der Waals surface area contributed by atoms with Gasteiger partial charge in [0.05, 0.1) is 7.11 Å². The maximum Gasteiger partial charge on any atom is 0.253 e. The second kappa shape index (κ2) is 8.06. The highest BCUT2D eigenvalue weighted by Crippen LogP contribution is 2.33. The second-order valence-corrected chi connectivity index (χ2v) is 7.78. The van der Waals surface area contributed by atoms with Gasteiger partial charge in [0.25, 0.3) is 5.91 Å². The Balaban J connectivity index is 1.48. The third-order valence-electron chi connectivity index (χ3n) is 4.93. The zero-order valence-electron chi connectivity index (χ0n) is 15.5. The van der Waals surface area contributed by atoms with Crippen molar-refractivity contribution in [3.63, 3.8) is 0 Å². The minimum Gasteiger partial charge on any atom is -0.497 e. The number of hydrogen-bond donors (Lipinski definition) is 0. The number of benzene rings is 2. The van der Waals surface area contributed by atoms with Crippen LogP contribution in [0.5, 0.6) is 5.75 Å². The van der Waals surface area contributed by atoms with Gasteiger partial charge in [-0.05, 0) is 61.4 Å². The summed E-state index contributed by atoms with van der Waals surface area (Å²) in [5.74, 6) is 0.566. The van der Waals surface area contributed by atoms with E-state index in [1.807, 2.05) is 29.2 Å². The van der Waals surface area contributed by atoms with Gasteiger partial charge in [-0.25, -0.2) is 4.39 Å². The van der Waals surface area contributed by atoms with Crippen LogP contribution in [-0.4, -0.2) is 41.2 Å². The van der Waals surface area contributed by atoms with E-state index < -0.39 is 0 Å². The topological polar surface area (TPSA) is 55.3 Å². The van der Waals surface area contributed by atoms with Gasteiger partial charge < -0.3 is 9.64 Å². The Morgan fingerprint density at radius 2 is 1.89 bits per heavy atom. The predicted molar refractivity (Wildman–Crippen MR) is 106 cm³/mol. The molecular formula is C21H20FN3O2S. The molecule has 5 nitrogen and oxygen atoms in total. The van der Waals surface area contributed by atoms with Gasteiger partial charge in [0.1, 0.15) is 21.6 Å². The highest BCUT2D eigenvalue weighted by atomic mass is 32.1. The van der Waals surface area contributed by atoms with Crippen LogP contribution in [0, 0.1) is 5.82 Å². The van der Waals surface area contributed by atoms with Crippen LogP contribution in [0.15, 0.2) is 48.5 Å². The van der Waals surface area contributed by atoms with Gasteiger partial charge in [-0.3, -0.25) is 4.79 Å². The van der Waals surface area contributed by atoms with Crippen molar-refractivity contribution >= 4 is 17.2 Å². The van der Waals surface area contributed by atoms with Gasteiger partial charge in [0.15, 0.2) is 0 Å². The van der Waals surface area contributed by atoms with E-state index in [4.69, 9.17) is 4.74 Å². The fourth-order valence-corrected chi connectivity index (χ4v) is 4.36. The Labute approximate surface area is 166 Å². The molecule has 0 aliphatic carbocycles. The van der Waals surface area contributed by atoms with E-state index in [9.17, 15) is 9.18 Å².